The van der Waals surface area contributed by atoms with E-state index in [2.05, 4.69) is 0 Å². The van der Waals surface area contributed by atoms with Gasteiger partial charge in [-0.15, -0.1) is 0 Å². The van der Waals surface area contributed by atoms with Crippen LogP contribution in [0, 0.1) is 6.92 Å². The van der Waals surface area contributed by atoms with E-state index < -0.39 is 22.6 Å². The summed E-state index contributed by atoms with van der Waals surface area (Å²) in [7, 11) is -2.44. The van der Waals surface area contributed by atoms with E-state index in [0.717, 1.165) is 9.87 Å². The average molecular weight is 467 g/mol. The lowest BCUT2D eigenvalue weighted by molar-refractivity contribution is -0.121. The van der Waals surface area contributed by atoms with Crippen molar-refractivity contribution in [3.8, 4) is 0 Å². The van der Waals surface area contributed by atoms with Crippen LogP contribution in [0.25, 0.3) is 0 Å². The predicted octanol–water partition coefficient (Wildman–Crippen LogP) is 4.03. The predicted molar refractivity (Wildman–Crippen MR) is 128 cm³/mol. The maximum atomic E-state index is 13.1. The Balaban J connectivity index is 1.72. The molecule has 0 heterocycles. The summed E-state index contributed by atoms with van der Waals surface area (Å²) in [6.45, 7) is 3.70. The molecule has 0 radical (unpaired) electrons. The average Bonchev–Trinajstić information content (AvgIpc) is 2.83. The summed E-state index contributed by atoms with van der Waals surface area (Å²) in [5, 5.41) is 0. The monoisotopic (exact) mass is 466 g/mol. The molecule has 0 bridgehead atoms. The summed E-state index contributed by atoms with van der Waals surface area (Å²) in [6, 6.07) is 21.7. The Morgan fingerprint density at radius 3 is 2.18 bits per heavy atom. The summed E-state index contributed by atoms with van der Waals surface area (Å²) in [6.07, 6.45) is 0. The summed E-state index contributed by atoms with van der Waals surface area (Å²) in [4.78, 5) is 26.6. The molecule has 0 N–H and O–H groups in total. The largest absolute Gasteiger partial charge is 0.452 e. The van der Waals surface area contributed by atoms with Crippen molar-refractivity contribution in [2.45, 2.75) is 18.7 Å². The van der Waals surface area contributed by atoms with E-state index in [1.807, 2.05) is 44.2 Å². The number of nitrogens with zero attached hydrogens (tertiary/aromatic N) is 2. The van der Waals surface area contributed by atoms with Crippen LogP contribution in [-0.4, -0.2) is 40.5 Å². The van der Waals surface area contributed by atoms with Gasteiger partial charge in [0.15, 0.2) is 6.61 Å². The molecule has 33 heavy (non-hydrogen) atoms. The first-order valence-corrected chi connectivity index (χ1v) is 11.9. The number of ether oxygens (including phenoxy) is 1. The highest BCUT2D eigenvalue weighted by Crippen LogP contribution is 2.23. The number of carbonyl (C=O) groups excluding carboxylic acids is 2. The molecule has 0 atom stereocenters. The zero-order valence-corrected chi connectivity index (χ0v) is 19.6. The van der Waals surface area contributed by atoms with Gasteiger partial charge in [0.2, 0.25) is 0 Å². The van der Waals surface area contributed by atoms with Crippen molar-refractivity contribution >= 4 is 33.3 Å². The Bertz CT molecular complexity index is 1230. The summed E-state index contributed by atoms with van der Waals surface area (Å²) < 4.78 is 32.4. The normalized spacial score (nSPS) is 11.0. The van der Waals surface area contributed by atoms with Gasteiger partial charge in [-0.3, -0.25) is 9.10 Å². The quantitative estimate of drug-likeness (QED) is 0.468. The molecule has 3 aromatic rings. The van der Waals surface area contributed by atoms with Crippen molar-refractivity contribution in [3.05, 3.63) is 90.0 Å². The highest BCUT2D eigenvalue weighted by atomic mass is 32.2. The van der Waals surface area contributed by atoms with Crippen molar-refractivity contribution in [1.29, 1.82) is 0 Å². The van der Waals surface area contributed by atoms with E-state index in [-0.39, 0.29) is 16.4 Å². The standard InChI is InChI=1S/C25H26N2O5S/c1-4-27(22-10-6-5-7-11-22)24(28)18-32-25(29)20-9-8-12-23(17-20)33(30,31)26(3)21-15-13-19(2)14-16-21/h5-17H,4,18H2,1-3H3. The molecule has 8 heteroatoms. The van der Waals surface area contributed by atoms with Gasteiger partial charge in [-0.1, -0.05) is 42.0 Å². The summed E-state index contributed by atoms with van der Waals surface area (Å²) in [5.41, 5.74) is 2.26. The van der Waals surface area contributed by atoms with E-state index in [1.165, 1.54) is 36.2 Å². The van der Waals surface area contributed by atoms with Crippen LogP contribution >= 0.6 is 0 Å². The molecule has 3 rings (SSSR count). The fourth-order valence-electron chi connectivity index (χ4n) is 3.23. The van der Waals surface area contributed by atoms with Gasteiger partial charge in [0.1, 0.15) is 0 Å². The van der Waals surface area contributed by atoms with Crippen molar-refractivity contribution in [2.75, 3.05) is 29.4 Å². The van der Waals surface area contributed by atoms with Gasteiger partial charge in [0, 0.05) is 19.3 Å². The molecule has 3 aromatic carbocycles. The number of hydrogen-bond acceptors (Lipinski definition) is 5. The molecule has 0 spiro atoms. The molecule has 0 unspecified atom stereocenters. The van der Waals surface area contributed by atoms with Crippen molar-refractivity contribution < 1.29 is 22.7 Å². The van der Waals surface area contributed by atoms with Crippen LogP contribution in [0.15, 0.2) is 83.8 Å². The molecule has 0 aliphatic rings. The lowest BCUT2D eigenvalue weighted by atomic mass is 10.2. The molecule has 0 saturated carbocycles. The number of rotatable bonds is 8. The topological polar surface area (TPSA) is 84.0 Å². The number of hydrogen-bond donors (Lipinski definition) is 0. The first-order chi connectivity index (χ1) is 15.7. The molecule has 1 amide bonds. The third-order valence-electron chi connectivity index (χ3n) is 5.14. The van der Waals surface area contributed by atoms with Crippen LogP contribution < -0.4 is 9.21 Å². The highest BCUT2D eigenvalue weighted by Gasteiger charge is 2.23. The van der Waals surface area contributed by atoms with Gasteiger partial charge in [-0.2, -0.15) is 0 Å². The molecule has 0 fully saturated rings. The maximum absolute atomic E-state index is 13.1. The minimum Gasteiger partial charge on any atom is -0.452 e. The number of carbonyl (C=O) groups is 2. The number of para-hydroxylation sites is 1. The Kier molecular flexibility index (Phi) is 7.50. The smallest absolute Gasteiger partial charge is 0.338 e. The Morgan fingerprint density at radius 2 is 1.55 bits per heavy atom. The number of likely N-dealkylation sites (N-methyl/N-ethyl adjacent to an activating group) is 1. The van der Waals surface area contributed by atoms with Crippen LogP contribution in [0.1, 0.15) is 22.8 Å². The molecule has 7 nitrogen and oxygen atoms in total. The number of esters is 1. The van der Waals surface area contributed by atoms with Crippen molar-refractivity contribution in [2.24, 2.45) is 0 Å². The Hall–Kier alpha value is -3.65. The first kappa shape index (κ1) is 24.0. The van der Waals surface area contributed by atoms with Crippen LogP contribution in [0.5, 0.6) is 0 Å². The Morgan fingerprint density at radius 1 is 0.879 bits per heavy atom. The molecular formula is C25H26N2O5S. The van der Waals surface area contributed by atoms with E-state index in [4.69, 9.17) is 4.74 Å². The maximum Gasteiger partial charge on any atom is 0.338 e. The van der Waals surface area contributed by atoms with Gasteiger partial charge < -0.3 is 9.64 Å². The minimum atomic E-state index is -3.90. The second-order valence-electron chi connectivity index (χ2n) is 7.39. The molecule has 0 aliphatic carbocycles. The van der Waals surface area contributed by atoms with Crippen LogP contribution in [0.3, 0.4) is 0 Å². The van der Waals surface area contributed by atoms with E-state index in [1.54, 1.807) is 24.3 Å². The van der Waals surface area contributed by atoms with Gasteiger partial charge in [0.05, 0.1) is 16.1 Å². The third kappa shape index (κ3) is 5.59. The Labute approximate surface area is 194 Å². The van der Waals surface area contributed by atoms with E-state index in [0.29, 0.717) is 17.9 Å². The molecule has 0 saturated heterocycles. The lowest BCUT2D eigenvalue weighted by Crippen LogP contribution is -2.34. The van der Waals surface area contributed by atoms with Gasteiger partial charge >= 0.3 is 5.97 Å². The second kappa shape index (κ2) is 10.3. The fraction of sp³-hybridized carbons (Fsp3) is 0.200. The van der Waals surface area contributed by atoms with Gasteiger partial charge in [-0.25, -0.2) is 13.2 Å². The summed E-state index contributed by atoms with van der Waals surface area (Å²) in [5.74, 6) is -1.15. The third-order valence-corrected chi connectivity index (χ3v) is 6.92. The minimum absolute atomic E-state index is 0.0453. The number of sulfonamides is 1. The number of amides is 1. The van der Waals surface area contributed by atoms with Crippen LogP contribution in [0.4, 0.5) is 11.4 Å². The number of anilines is 2. The summed E-state index contributed by atoms with van der Waals surface area (Å²) >= 11 is 0. The number of benzene rings is 3. The number of aryl methyl sites for hydroxylation is 1. The molecular weight excluding hydrogens is 440 g/mol. The molecule has 0 aliphatic heterocycles. The van der Waals surface area contributed by atoms with E-state index >= 15 is 0 Å². The zero-order valence-electron chi connectivity index (χ0n) is 18.8. The zero-order chi connectivity index (χ0) is 24.0. The lowest BCUT2D eigenvalue weighted by Gasteiger charge is -2.21. The van der Waals surface area contributed by atoms with Crippen molar-refractivity contribution in [3.63, 3.8) is 0 Å². The SMILES string of the molecule is CCN(C(=O)COC(=O)c1cccc(S(=O)(=O)N(C)c2ccc(C)cc2)c1)c1ccccc1. The van der Waals surface area contributed by atoms with Crippen molar-refractivity contribution in [1.82, 2.24) is 0 Å². The van der Waals surface area contributed by atoms with Gasteiger partial charge in [-0.05, 0) is 56.3 Å². The molecule has 0 aromatic heterocycles. The second-order valence-corrected chi connectivity index (χ2v) is 9.35. The van der Waals surface area contributed by atoms with Crippen LogP contribution in [0.2, 0.25) is 0 Å². The highest BCUT2D eigenvalue weighted by molar-refractivity contribution is 7.92. The first-order valence-electron chi connectivity index (χ1n) is 10.4. The molecule has 172 valence electrons. The van der Waals surface area contributed by atoms with E-state index in [9.17, 15) is 18.0 Å². The van der Waals surface area contributed by atoms with Crippen LogP contribution in [-0.2, 0) is 19.6 Å². The van der Waals surface area contributed by atoms with Gasteiger partial charge in [0.25, 0.3) is 15.9 Å². The fourth-order valence-corrected chi connectivity index (χ4v) is 4.48.